The van der Waals surface area contributed by atoms with E-state index in [1.165, 1.54) is 11.4 Å². The van der Waals surface area contributed by atoms with Gasteiger partial charge in [0.2, 0.25) is 0 Å². The van der Waals surface area contributed by atoms with Gasteiger partial charge < -0.3 is 9.30 Å². The maximum Gasteiger partial charge on any atom is 1.00 e. The van der Waals surface area contributed by atoms with Crippen LogP contribution in [0.5, 0.6) is 0 Å². The van der Waals surface area contributed by atoms with E-state index in [2.05, 4.69) is 49.1 Å². The van der Waals surface area contributed by atoms with Gasteiger partial charge in [0.15, 0.2) is 0 Å². The minimum atomic E-state index is 0. The summed E-state index contributed by atoms with van der Waals surface area (Å²) >= 11 is 0. The van der Waals surface area contributed by atoms with Gasteiger partial charge in [0.1, 0.15) is 5.65 Å². The molecule has 1 fully saturated rings. The van der Waals surface area contributed by atoms with Crippen LogP contribution in [0.1, 0.15) is 30.1 Å². The number of rotatable bonds is 2. The van der Waals surface area contributed by atoms with Crippen LogP contribution in [0.3, 0.4) is 0 Å². The van der Waals surface area contributed by atoms with Crippen LogP contribution < -0.4 is 61.4 Å². The zero-order valence-electron chi connectivity index (χ0n) is 12.8. The van der Waals surface area contributed by atoms with Crippen LogP contribution in [0.2, 0.25) is 0 Å². The third-order valence-corrected chi connectivity index (χ3v) is 4.28. The quantitative estimate of drug-likeness (QED) is 0.517. The Bertz CT molecular complexity index is 744. The summed E-state index contributed by atoms with van der Waals surface area (Å²) in [5, 5.41) is 14.9. The van der Waals surface area contributed by atoms with Crippen molar-refractivity contribution in [1.29, 1.82) is 0 Å². The van der Waals surface area contributed by atoms with Crippen LogP contribution in [0.25, 0.3) is 5.65 Å². The van der Waals surface area contributed by atoms with Gasteiger partial charge in [-0.25, -0.2) is 10.1 Å². The van der Waals surface area contributed by atoms with Gasteiger partial charge in [-0.05, 0) is 45.0 Å². The summed E-state index contributed by atoms with van der Waals surface area (Å²) in [6, 6.07) is 6.13. The Hall–Kier alpha value is -0.804. The summed E-state index contributed by atoms with van der Waals surface area (Å²) in [5.74, 6) is 1.14. The standard InChI is InChI=1S/C14H16N7.K/c1-10-13(15-12-4-2-3-7-21(10)12)11-5-8-20(9-6-11)14-16-18-19-17-14;/h2-4,7,11H,5-6,8-9H2,1H3;/q-1;+1. The second-order valence-corrected chi connectivity index (χ2v) is 5.45. The number of hydrogen-bond acceptors (Lipinski definition) is 5. The molecule has 0 unspecified atom stereocenters. The van der Waals surface area contributed by atoms with Crippen molar-refractivity contribution in [2.45, 2.75) is 25.7 Å². The number of hydrogen-bond donors (Lipinski definition) is 0. The number of anilines is 1. The fraction of sp³-hybridized carbons (Fsp3) is 0.429. The molecule has 1 aliphatic heterocycles. The molecule has 0 spiro atoms. The zero-order valence-corrected chi connectivity index (χ0v) is 16.0. The maximum atomic E-state index is 4.81. The number of imidazole rings is 1. The molecular weight excluding hydrogens is 305 g/mol. The molecule has 0 atom stereocenters. The second kappa shape index (κ2) is 6.75. The van der Waals surface area contributed by atoms with Crippen molar-refractivity contribution in [2.24, 2.45) is 0 Å². The van der Waals surface area contributed by atoms with Crippen molar-refractivity contribution in [2.75, 3.05) is 18.0 Å². The third-order valence-electron chi connectivity index (χ3n) is 4.28. The summed E-state index contributed by atoms with van der Waals surface area (Å²) in [6.45, 7) is 3.99. The predicted molar refractivity (Wildman–Crippen MR) is 77.3 cm³/mol. The van der Waals surface area contributed by atoms with Crippen molar-refractivity contribution in [3.63, 3.8) is 0 Å². The molecule has 0 saturated carbocycles. The molecule has 1 saturated heterocycles. The van der Waals surface area contributed by atoms with Crippen LogP contribution in [-0.4, -0.2) is 38.0 Å². The molecule has 0 amide bonds. The van der Waals surface area contributed by atoms with Gasteiger partial charge in [0.25, 0.3) is 0 Å². The molecular formula is C14H16KN7. The fourth-order valence-corrected chi connectivity index (χ4v) is 3.14. The Balaban J connectivity index is 0.00000144. The van der Waals surface area contributed by atoms with E-state index in [9.17, 15) is 0 Å². The van der Waals surface area contributed by atoms with E-state index in [0.717, 1.165) is 31.6 Å². The molecule has 0 aromatic carbocycles. The summed E-state index contributed by atoms with van der Waals surface area (Å²) in [5.41, 5.74) is 3.50. The van der Waals surface area contributed by atoms with Gasteiger partial charge in [0, 0.05) is 17.8 Å². The number of aryl methyl sites for hydroxylation is 1. The largest absolute Gasteiger partial charge is 1.00 e. The van der Waals surface area contributed by atoms with Crippen molar-refractivity contribution in [1.82, 2.24) is 30.0 Å². The minimum Gasteiger partial charge on any atom is -0.403 e. The first-order chi connectivity index (χ1) is 10.3. The van der Waals surface area contributed by atoms with Crippen LogP contribution in [0.4, 0.5) is 5.95 Å². The Morgan fingerprint density at radius 2 is 2.05 bits per heavy atom. The first kappa shape index (κ1) is 16.1. The summed E-state index contributed by atoms with van der Waals surface area (Å²) in [4.78, 5) is 6.95. The third kappa shape index (κ3) is 2.85. The van der Waals surface area contributed by atoms with Crippen LogP contribution in [0.15, 0.2) is 24.4 Å². The molecule has 8 heteroatoms. The van der Waals surface area contributed by atoms with Crippen LogP contribution >= 0.6 is 0 Å². The number of nitrogens with zero attached hydrogens (tertiary/aromatic N) is 7. The van der Waals surface area contributed by atoms with E-state index in [1.54, 1.807) is 0 Å². The Morgan fingerprint density at radius 1 is 1.23 bits per heavy atom. The molecule has 0 bridgehead atoms. The van der Waals surface area contributed by atoms with E-state index in [0.29, 0.717) is 11.9 Å². The van der Waals surface area contributed by atoms with Gasteiger partial charge in [-0.3, -0.25) is 5.10 Å². The van der Waals surface area contributed by atoms with Crippen molar-refractivity contribution < 1.29 is 51.4 Å². The smallest absolute Gasteiger partial charge is 0.403 e. The number of fused-ring (bicyclic) bond motifs is 1. The topological polar surface area (TPSA) is 73.3 Å². The van der Waals surface area contributed by atoms with Crippen molar-refractivity contribution >= 4 is 11.6 Å². The molecule has 3 aromatic rings. The summed E-state index contributed by atoms with van der Waals surface area (Å²) in [7, 11) is 0. The van der Waals surface area contributed by atoms with E-state index in [-0.39, 0.29) is 51.4 Å². The van der Waals surface area contributed by atoms with Gasteiger partial charge in [-0.15, -0.1) is 5.21 Å². The second-order valence-electron chi connectivity index (χ2n) is 5.45. The van der Waals surface area contributed by atoms with E-state index in [4.69, 9.17) is 4.98 Å². The molecule has 4 heterocycles. The Labute approximate surface area is 170 Å². The van der Waals surface area contributed by atoms with Crippen LogP contribution in [0, 0.1) is 6.92 Å². The van der Waals surface area contributed by atoms with Crippen molar-refractivity contribution in [3.8, 4) is 0 Å². The minimum absolute atomic E-state index is 0. The molecule has 0 N–H and O–H groups in total. The molecule has 0 radical (unpaired) electrons. The molecule has 7 nitrogen and oxygen atoms in total. The van der Waals surface area contributed by atoms with Crippen LogP contribution in [-0.2, 0) is 0 Å². The molecule has 3 aromatic heterocycles. The predicted octanol–water partition coefficient (Wildman–Crippen LogP) is -1.83. The van der Waals surface area contributed by atoms with E-state index in [1.807, 2.05) is 12.1 Å². The molecule has 1 aliphatic rings. The maximum absolute atomic E-state index is 4.81. The van der Waals surface area contributed by atoms with Gasteiger partial charge in [-0.2, -0.15) is 5.21 Å². The monoisotopic (exact) mass is 321 g/mol. The Morgan fingerprint density at radius 3 is 2.73 bits per heavy atom. The molecule has 0 aliphatic carbocycles. The summed E-state index contributed by atoms with van der Waals surface area (Å²) < 4.78 is 2.16. The molecule has 22 heavy (non-hydrogen) atoms. The molecule has 4 rings (SSSR count). The number of piperidine rings is 1. The first-order valence-corrected chi connectivity index (χ1v) is 7.20. The number of tetrazole rings is 1. The average molecular weight is 321 g/mol. The zero-order chi connectivity index (χ0) is 14.2. The number of aromatic nitrogens is 6. The number of pyridine rings is 1. The molecule has 108 valence electrons. The SMILES string of the molecule is Cc1c(C2CCN(c3nnn[n-]3)CC2)nc2ccccn12.[K+]. The average Bonchev–Trinajstić information content (AvgIpc) is 3.17. The first-order valence-electron chi connectivity index (χ1n) is 7.20. The normalized spacial score (nSPS) is 16.0. The van der Waals surface area contributed by atoms with Crippen molar-refractivity contribution in [3.05, 3.63) is 35.8 Å². The fourth-order valence-electron chi connectivity index (χ4n) is 3.14. The van der Waals surface area contributed by atoms with Gasteiger partial charge >= 0.3 is 51.4 Å². The van der Waals surface area contributed by atoms with Gasteiger partial charge in [0.05, 0.1) is 11.6 Å². The Kier molecular flexibility index (Phi) is 4.93. The van der Waals surface area contributed by atoms with E-state index < -0.39 is 0 Å². The van der Waals surface area contributed by atoms with E-state index >= 15 is 0 Å². The van der Waals surface area contributed by atoms with Gasteiger partial charge in [-0.1, -0.05) is 6.07 Å². The summed E-state index contributed by atoms with van der Waals surface area (Å²) in [6.07, 6.45) is 4.18.